The van der Waals surface area contributed by atoms with E-state index in [1.54, 1.807) is 12.1 Å². The second kappa shape index (κ2) is 3.19. The average molecular weight is 195 g/mol. The maximum Gasteiger partial charge on any atom is 0.407 e. The first-order valence-electron chi connectivity index (χ1n) is 4.05. The van der Waals surface area contributed by atoms with E-state index in [1.165, 1.54) is 0 Å². The van der Waals surface area contributed by atoms with Crippen LogP contribution in [0.5, 0.6) is 11.5 Å². The third kappa shape index (κ3) is 1.38. The zero-order valence-corrected chi connectivity index (χ0v) is 7.52. The standard InChI is InChI=1S/C9H9NO4/c1-5-2-3-6-7(4-5)13-9(12-6)8(11)14-10/h2-4,9H,10H2,1H3. The number of hydrogen-bond donors (Lipinski definition) is 1. The highest BCUT2D eigenvalue weighted by atomic mass is 16.8. The van der Waals surface area contributed by atoms with E-state index >= 15 is 0 Å². The molecule has 1 unspecified atom stereocenters. The van der Waals surface area contributed by atoms with Crippen LogP contribution in [0.2, 0.25) is 0 Å². The summed E-state index contributed by atoms with van der Waals surface area (Å²) in [5, 5.41) is 0. The highest BCUT2D eigenvalue weighted by molar-refractivity contribution is 5.75. The second-order valence-corrected chi connectivity index (χ2v) is 2.95. The molecule has 1 heterocycles. The number of aryl methyl sites for hydroxylation is 1. The number of carbonyl (C=O) groups is 1. The summed E-state index contributed by atoms with van der Waals surface area (Å²) in [4.78, 5) is 15.0. The Morgan fingerprint density at radius 2 is 2.14 bits per heavy atom. The summed E-state index contributed by atoms with van der Waals surface area (Å²) in [7, 11) is 0. The van der Waals surface area contributed by atoms with Gasteiger partial charge in [-0.2, -0.15) is 5.90 Å². The van der Waals surface area contributed by atoms with Crippen LogP contribution >= 0.6 is 0 Å². The molecule has 0 fully saturated rings. The number of ether oxygens (including phenoxy) is 2. The van der Waals surface area contributed by atoms with Gasteiger partial charge in [-0.05, 0) is 24.6 Å². The van der Waals surface area contributed by atoms with E-state index in [-0.39, 0.29) is 0 Å². The molecule has 1 aliphatic rings. The summed E-state index contributed by atoms with van der Waals surface area (Å²) in [6.07, 6.45) is -1.09. The molecule has 14 heavy (non-hydrogen) atoms. The van der Waals surface area contributed by atoms with Crippen molar-refractivity contribution in [3.63, 3.8) is 0 Å². The van der Waals surface area contributed by atoms with E-state index in [2.05, 4.69) is 4.84 Å². The van der Waals surface area contributed by atoms with Gasteiger partial charge in [0.05, 0.1) is 0 Å². The molecule has 2 rings (SSSR count). The SMILES string of the molecule is Cc1ccc2c(c1)OC(C(=O)ON)O2. The van der Waals surface area contributed by atoms with Gasteiger partial charge in [0.15, 0.2) is 11.5 Å². The van der Waals surface area contributed by atoms with Crippen molar-refractivity contribution < 1.29 is 19.1 Å². The van der Waals surface area contributed by atoms with Crippen LogP contribution in [-0.4, -0.2) is 12.3 Å². The molecule has 0 amide bonds. The number of nitrogens with two attached hydrogens (primary N) is 1. The minimum Gasteiger partial charge on any atom is -0.441 e. The zero-order valence-electron chi connectivity index (χ0n) is 7.52. The van der Waals surface area contributed by atoms with Crippen molar-refractivity contribution in [1.29, 1.82) is 0 Å². The fourth-order valence-electron chi connectivity index (χ4n) is 1.21. The Bertz CT molecular complexity index is 377. The molecule has 5 heteroatoms. The molecule has 0 spiro atoms. The minimum atomic E-state index is -1.09. The Morgan fingerprint density at radius 1 is 1.43 bits per heavy atom. The van der Waals surface area contributed by atoms with E-state index in [4.69, 9.17) is 15.4 Å². The van der Waals surface area contributed by atoms with Gasteiger partial charge in [-0.1, -0.05) is 6.07 Å². The second-order valence-electron chi connectivity index (χ2n) is 2.95. The van der Waals surface area contributed by atoms with Gasteiger partial charge < -0.3 is 14.3 Å². The molecular weight excluding hydrogens is 186 g/mol. The highest BCUT2D eigenvalue weighted by Gasteiger charge is 2.31. The van der Waals surface area contributed by atoms with Gasteiger partial charge in [-0.3, -0.25) is 0 Å². The average Bonchev–Trinajstić information content (AvgIpc) is 2.59. The van der Waals surface area contributed by atoms with E-state index < -0.39 is 12.3 Å². The molecule has 1 aromatic carbocycles. The lowest BCUT2D eigenvalue weighted by Gasteiger charge is -2.05. The molecule has 1 aromatic rings. The van der Waals surface area contributed by atoms with Crippen LogP contribution in [0, 0.1) is 6.92 Å². The lowest BCUT2D eigenvalue weighted by atomic mass is 10.2. The van der Waals surface area contributed by atoms with Crippen molar-refractivity contribution in [2.45, 2.75) is 13.2 Å². The predicted octanol–water partition coefficient (Wildman–Crippen LogP) is 0.509. The summed E-state index contributed by atoms with van der Waals surface area (Å²) >= 11 is 0. The minimum absolute atomic E-state index is 0.519. The Labute approximate surface area is 80.3 Å². The number of rotatable bonds is 1. The monoisotopic (exact) mass is 195 g/mol. The van der Waals surface area contributed by atoms with Crippen LogP contribution in [0.4, 0.5) is 0 Å². The molecule has 5 nitrogen and oxygen atoms in total. The van der Waals surface area contributed by atoms with Gasteiger partial charge in [0.2, 0.25) is 0 Å². The van der Waals surface area contributed by atoms with Crippen molar-refractivity contribution in [1.82, 2.24) is 0 Å². The topological polar surface area (TPSA) is 70.8 Å². The molecular formula is C9H9NO4. The quantitative estimate of drug-likeness (QED) is 0.661. The van der Waals surface area contributed by atoms with Crippen LogP contribution in [0.1, 0.15) is 5.56 Å². The molecule has 0 aromatic heterocycles. The fourth-order valence-corrected chi connectivity index (χ4v) is 1.21. The zero-order chi connectivity index (χ0) is 10.1. The molecule has 1 atom stereocenters. The van der Waals surface area contributed by atoms with Gasteiger partial charge >= 0.3 is 12.3 Å². The Hall–Kier alpha value is -1.75. The van der Waals surface area contributed by atoms with Gasteiger partial charge in [0.1, 0.15) is 0 Å². The van der Waals surface area contributed by atoms with Crippen LogP contribution in [0.15, 0.2) is 18.2 Å². The molecule has 0 saturated carbocycles. The normalized spacial score (nSPS) is 18.0. The van der Waals surface area contributed by atoms with Gasteiger partial charge in [-0.15, -0.1) is 0 Å². The Kier molecular flexibility index (Phi) is 2.01. The maximum absolute atomic E-state index is 11.0. The molecule has 0 saturated heterocycles. The summed E-state index contributed by atoms with van der Waals surface area (Å²) in [6, 6.07) is 5.37. The van der Waals surface area contributed by atoms with Crippen molar-refractivity contribution in [3.8, 4) is 11.5 Å². The van der Waals surface area contributed by atoms with Crippen molar-refractivity contribution in [2.75, 3.05) is 0 Å². The van der Waals surface area contributed by atoms with Crippen LogP contribution in [0.3, 0.4) is 0 Å². The molecule has 1 aliphatic heterocycles. The van der Waals surface area contributed by atoms with Gasteiger partial charge in [0.25, 0.3) is 0 Å². The summed E-state index contributed by atoms with van der Waals surface area (Å²) in [5.74, 6) is 5.00. The first-order valence-corrected chi connectivity index (χ1v) is 4.05. The van der Waals surface area contributed by atoms with Gasteiger partial charge in [-0.25, -0.2) is 4.79 Å². The Balaban J connectivity index is 2.22. The molecule has 0 radical (unpaired) electrons. The van der Waals surface area contributed by atoms with E-state index in [0.717, 1.165) is 5.56 Å². The number of fused-ring (bicyclic) bond motifs is 1. The summed E-state index contributed by atoms with van der Waals surface area (Å²) < 4.78 is 10.3. The number of carbonyl (C=O) groups excluding carboxylic acids is 1. The molecule has 74 valence electrons. The fraction of sp³-hybridized carbons (Fsp3) is 0.222. The smallest absolute Gasteiger partial charge is 0.407 e. The number of hydrogen-bond acceptors (Lipinski definition) is 5. The third-order valence-electron chi connectivity index (χ3n) is 1.88. The summed E-state index contributed by atoms with van der Waals surface area (Å²) in [6.45, 7) is 1.91. The van der Waals surface area contributed by atoms with Crippen LogP contribution in [0.25, 0.3) is 0 Å². The largest absolute Gasteiger partial charge is 0.441 e. The van der Waals surface area contributed by atoms with Crippen LogP contribution in [-0.2, 0) is 9.63 Å². The molecule has 0 bridgehead atoms. The van der Waals surface area contributed by atoms with E-state index in [9.17, 15) is 4.79 Å². The van der Waals surface area contributed by atoms with E-state index in [1.807, 2.05) is 13.0 Å². The first kappa shape index (κ1) is 8.83. The van der Waals surface area contributed by atoms with E-state index in [0.29, 0.717) is 11.5 Å². The summed E-state index contributed by atoms with van der Waals surface area (Å²) in [5.41, 5.74) is 1.02. The van der Waals surface area contributed by atoms with Gasteiger partial charge in [0, 0.05) is 0 Å². The lowest BCUT2D eigenvalue weighted by Crippen LogP contribution is -2.32. The third-order valence-corrected chi connectivity index (χ3v) is 1.88. The Morgan fingerprint density at radius 3 is 2.86 bits per heavy atom. The highest BCUT2D eigenvalue weighted by Crippen LogP contribution is 2.35. The predicted molar refractivity (Wildman–Crippen MR) is 46.5 cm³/mol. The lowest BCUT2D eigenvalue weighted by molar-refractivity contribution is -0.162. The molecule has 2 N–H and O–H groups in total. The van der Waals surface area contributed by atoms with Crippen molar-refractivity contribution in [2.24, 2.45) is 5.90 Å². The number of benzene rings is 1. The maximum atomic E-state index is 11.0. The van der Waals surface area contributed by atoms with Crippen molar-refractivity contribution >= 4 is 5.97 Å². The van der Waals surface area contributed by atoms with Crippen LogP contribution < -0.4 is 15.4 Å². The molecule has 0 aliphatic carbocycles. The first-order chi connectivity index (χ1) is 6.70. The van der Waals surface area contributed by atoms with Crippen molar-refractivity contribution in [3.05, 3.63) is 23.8 Å².